The number of H-pyrrole nitrogens is 2. The summed E-state index contributed by atoms with van der Waals surface area (Å²) in [6, 6.07) is 6.52. The van der Waals surface area contributed by atoms with Crippen LogP contribution in [0.5, 0.6) is 0 Å². The van der Waals surface area contributed by atoms with Crippen molar-refractivity contribution in [1.29, 1.82) is 0 Å². The van der Waals surface area contributed by atoms with Gasteiger partial charge in [0.1, 0.15) is 16.7 Å². The molecule has 0 aliphatic carbocycles. The third-order valence-corrected chi connectivity index (χ3v) is 6.56. The number of allylic oxidation sites excluding steroid dienone is 4. The second kappa shape index (κ2) is 14.8. The molecule has 0 aromatic carbocycles. The van der Waals surface area contributed by atoms with Crippen LogP contribution in [0.3, 0.4) is 0 Å². The fourth-order valence-electron chi connectivity index (χ4n) is 4.56. The Morgan fingerprint density at radius 3 is 1.73 bits per heavy atom. The van der Waals surface area contributed by atoms with Crippen molar-refractivity contribution in [3.05, 3.63) is 87.6 Å². The summed E-state index contributed by atoms with van der Waals surface area (Å²) in [5, 5.41) is 0.638. The van der Waals surface area contributed by atoms with Crippen molar-refractivity contribution in [1.82, 2.24) is 9.97 Å². The van der Waals surface area contributed by atoms with Crippen molar-refractivity contribution in [3.63, 3.8) is 0 Å². The summed E-state index contributed by atoms with van der Waals surface area (Å²) in [5.74, 6) is -2.39. The number of hydrogen-bond donors (Lipinski definition) is 2. The van der Waals surface area contributed by atoms with Crippen molar-refractivity contribution in [3.8, 4) is 0 Å². The number of esters is 4. The van der Waals surface area contributed by atoms with Crippen LogP contribution in [0.4, 0.5) is 0 Å². The van der Waals surface area contributed by atoms with E-state index in [1.165, 1.54) is 0 Å². The highest BCUT2D eigenvalue weighted by Gasteiger charge is 2.25. The van der Waals surface area contributed by atoms with Crippen LogP contribution in [0.1, 0.15) is 46.0 Å². The maximum Gasteiger partial charge on any atom is 0.342 e. The monoisotopic (exact) mass is 614 g/mol. The van der Waals surface area contributed by atoms with Gasteiger partial charge in [-0.3, -0.25) is 4.99 Å². The molecular weight excluding hydrogens is 580 g/mol. The largest absolute Gasteiger partial charge is 0.463 e. The van der Waals surface area contributed by atoms with E-state index in [-0.39, 0.29) is 54.4 Å². The van der Waals surface area contributed by atoms with Crippen molar-refractivity contribution in [2.45, 2.75) is 34.6 Å². The van der Waals surface area contributed by atoms with Crippen molar-refractivity contribution < 1.29 is 38.1 Å². The third-order valence-electron chi connectivity index (χ3n) is 6.56. The molecule has 0 spiro atoms. The zero-order chi connectivity index (χ0) is 32.5. The Kier molecular flexibility index (Phi) is 10.6. The van der Waals surface area contributed by atoms with Gasteiger partial charge in [-0.05, 0) is 83.2 Å². The number of rotatable bonds is 11. The lowest BCUT2D eigenvalue weighted by Crippen LogP contribution is -2.26. The van der Waals surface area contributed by atoms with Crippen LogP contribution in [-0.4, -0.2) is 72.2 Å². The Bertz CT molecular complexity index is 1810. The molecule has 2 aliphatic heterocycles. The molecule has 12 nitrogen and oxygen atoms in total. The lowest BCUT2D eigenvalue weighted by molar-refractivity contribution is -0.139. The number of nitrogens with one attached hydrogen (secondary N) is 2. The number of nitrogens with zero attached hydrogens (tertiary/aromatic N) is 2. The molecule has 2 N–H and O–H groups in total. The van der Waals surface area contributed by atoms with Crippen molar-refractivity contribution >= 4 is 52.5 Å². The predicted octanol–water partition coefficient (Wildman–Crippen LogP) is 2.58. The molecule has 0 saturated carbocycles. The highest BCUT2D eigenvalue weighted by molar-refractivity contribution is 6.44. The van der Waals surface area contributed by atoms with Gasteiger partial charge in [0.2, 0.25) is 0 Å². The summed E-state index contributed by atoms with van der Waals surface area (Å²) in [4.78, 5) is 66.6. The molecule has 0 saturated heterocycles. The van der Waals surface area contributed by atoms with Crippen LogP contribution in [0.2, 0.25) is 0 Å². The van der Waals surface area contributed by atoms with Gasteiger partial charge >= 0.3 is 23.9 Å². The van der Waals surface area contributed by atoms with Gasteiger partial charge in [0.15, 0.2) is 0 Å². The summed E-state index contributed by atoms with van der Waals surface area (Å²) in [6.45, 7) is 8.97. The zero-order valence-electron chi connectivity index (χ0n) is 25.7. The number of aromatic nitrogens is 2. The summed E-state index contributed by atoms with van der Waals surface area (Å²) in [7, 11) is 0. The maximum absolute atomic E-state index is 13.3. The molecule has 234 valence electrons. The lowest BCUT2D eigenvalue weighted by Gasteiger charge is -2.08. The SMILES string of the molecule is CCOC(=O)C(C1=N/C(=C(\C)C(=O)OCC)C=C1)=c1cc/c(=C(\C(=O)OCC)c2ccc(/C(C(=O)OCC)=C3/C=CC=N3)[nH]2)[nH]1. The van der Waals surface area contributed by atoms with Gasteiger partial charge < -0.3 is 28.9 Å². The van der Waals surface area contributed by atoms with Crippen molar-refractivity contribution in [2.24, 2.45) is 9.98 Å². The van der Waals surface area contributed by atoms with E-state index in [0.29, 0.717) is 33.5 Å². The number of ether oxygens (including phenoxy) is 4. The fraction of sp³-hybridized carbons (Fsp3) is 0.273. The predicted molar refractivity (Wildman–Crippen MR) is 167 cm³/mol. The van der Waals surface area contributed by atoms with Crippen LogP contribution in [0.25, 0.3) is 16.7 Å². The molecule has 45 heavy (non-hydrogen) atoms. The number of carbonyl (C=O) groups excluding carboxylic acids is 4. The molecule has 0 unspecified atom stereocenters. The number of aromatic amines is 2. The molecule has 0 amide bonds. The van der Waals surface area contributed by atoms with Crippen LogP contribution in [0, 0.1) is 0 Å². The van der Waals surface area contributed by atoms with Crippen LogP contribution in [-0.2, 0) is 38.1 Å². The maximum atomic E-state index is 13.3. The van der Waals surface area contributed by atoms with E-state index in [9.17, 15) is 19.2 Å². The van der Waals surface area contributed by atoms with Gasteiger partial charge in [0.05, 0.1) is 71.2 Å². The van der Waals surface area contributed by atoms with Gasteiger partial charge in [-0.2, -0.15) is 0 Å². The first kappa shape index (κ1) is 32.4. The average molecular weight is 615 g/mol. The van der Waals surface area contributed by atoms with Crippen molar-refractivity contribution in [2.75, 3.05) is 26.4 Å². The van der Waals surface area contributed by atoms with E-state index < -0.39 is 23.9 Å². The smallest absolute Gasteiger partial charge is 0.342 e. The molecule has 12 heteroatoms. The molecular formula is C33H34N4O8. The Morgan fingerprint density at radius 2 is 1.16 bits per heavy atom. The zero-order valence-corrected chi connectivity index (χ0v) is 25.7. The topological polar surface area (TPSA) is 162 Å². The van der Waals surface area contributed by atoms with E-state index in [1.807, 2.05) is 0 Å². The van der Waals surface area contributed by atoms with Crippen LogP contribution >= 0.6 is 0 Å². The third kappa shape index (κ3) is 7.18. The molecule has 0 atom stereocenters. The van der Waals surface area contributed by atoms with Crippen LogP contribution < -0.4 is 10.7 Å². The summed E-state index contributed by atoms with van der Waals surface area (Å²) in [5.41, 5.74) is 2.46. The number of hydrogen-bond acceptors (Lipinski definition) is 10. The summed E-state index contributed by atoms with van der Waals surface area (Å²) < 4.78 is 21.0. The molecule has 0 fully saturated rings. The number of carbonyl (C=O) groups is 4. The van der Waals surface area contributed by atoms with Crippen LogP contribution in [0.15, 0.2) is 75.5 Å². The first-order chi connectivity index (χ1) is 21.7. The Hall–Kier alpha value is -5.52. The standard InChI is InChI=1S/C33H34N4O8/c1-6-42-30(38)19(5)20-12-13-23(35-20)28(32(40)44-8-3)24-16-17-26(37-24)29(33(41)45-9-4)25-15-14-22(36-25)27(31(39)43-7-2)21-11-10-18-34-21/h10-18,36-37H,6-9H2,1-5H3/b20-19+,27-21+,28-24?,29-26+. The second-order valence-electron chi connectivity index (χ2n) is 9.44. The van der Waals surface area contributed by atoms with Gasteiger partial charge in [-0.15, -0.1) is 0 Å². The normalized spacial score (nSPS) is 17.0. The van der Waals surface area contributed by atoms with Gasteiger partial charge in [0.25, 0.3) is 0 Å². The molecule has 2 aromatic heterocycles. The van der Waals surface area contributed by atoms with E-state index in [1.54, 1.807) is 89.4 Å². The number of aliphatic imine (C=N–C) groups is 2. The highest BCUT2D eigenvalue weighted by Crippen LogP contribution is 2.25. The Labute approximate surface area is 259 Å². The van der Waals surface area contributed by atoms with Gasteiger partial charge in [0, 0.05) is 6.21 Å². The second-order valence-corrected chi connectivity index (χ2v) is 9.44. The van der Waals surface area contributed by atoms with Gasteiger partial charge in [-0.1, -0.05) is 0 Å². The quantitative estimate of drug-likeness (QED) is 0.222. The minimum atomic E-state index is -0.653. The first-order valence-corrected chi connectivity index (χ1v) is 14.5. The fourth-order valence-corrected chi connectivity index (χ4v) is 4.56. The molecule has 0 radical (unpaired) electrons. The lowest BCUT2D eigenvalue weighted by atomic mass is 10.1. The Morgan fingerprint density at radius 1 is 0.622 bits per heavy atom. The highest BCUT2D eigenvalue weighted by atomic mass is 16.5. The van der Waals surface area contributed by atoms with E-state index >= 15 is 0 Å². The van der Waals surface area contributed by atoms with E-state index in [4.69, 9.17) is 18.9 Å². The molecule has 4 rings (SSSR count). The molecule has 4 heterocycles. The summed E-state index contributed by atoms with van der Waals surface area (Å²) in [6.07, 6.45) is 8.16. The first-order valence-electron chi connectivity index (χ1n) is 14.5. The molecule has 2 aliphatic rings. The average Bonchev–Trinajstić information content (AvgIpc) is 3.84. The van der Waals surface area contributed by atoms with E-state index in [2.05, 4.69) is 20.0 Å². The van der Waals surface area contributed by atoms with Gasteiger partial charge in [-0.25, -0.2) is 24.2 Å². The Balaban J connectivity index is 1.91. The molecule has 2 aromatic rings. The minimum absolute atomic E-state index is 0.0987. The van der Waals surface area contributed by atoms with E-state index in [0.717, 1.165) is 0 Å². The summed E-state index contributed by atoms with van der Waals surface area (Å²) >= 11 is 0. The minimum Gasteiger partial charge on any atom is -0.463 e. The molecule has 0 bridgehead atoms.